The smallest absolute Gasteiger partial charge is 0.0920 e. The summed E-state index contributed by atoms with van der Waals surface area (Å²) in [6.45, 7) is 2.59. The van der Waals surface area contributed by atoms with E-state index in [1.807, 2.05) is 42.5 Å². The van der Waals surface area contributed by atoms with Crippen LogP contribution in [-0.2, 0) is 12.1 Å². The van der Waals surface area contributed by atoms with Gasteiger partial charge >= 0.3 is 0 Å². The van der Waals surface area contributed by atoms with E-state index in [2.05, 4.69) is 26.9 Å². The van der Waals surface area contributed by atoms with Crippen LogP contribution < -0.4 is 0 Å². The fraction of sp³-hybridized carbons (Fsp3) is 0.333. The largest absolute Gasteiger partial charge is 0.385 e. The summed E-state index contributed by atoms with van der Waals surface area (Å²) >= 11 is 9.67. The predicted octanol–water partition coefficient (Wildman–Crippen LogP) is 4.59. The van der Waals surface area contributed by atoms with Crippen molar-refractivity contribution >= 4 is 27.5 Å². The molecule has 22 heavy (non-hydrogen) atoms. The van der Waals surface area contributed by atoms with E-state index in [0.29, 0.717) is 0 Å². The maximum Gasteiger partial charge on any atom is 0.0920 e. The van der Waals surface area contributed by atoms with E-state index in [4.69, 9.17) is 11.6 Å². The van der Waals surface area contributed by atoms with Crippen LogP contribution in [0.5, 0.6) is 0 Å². The SMILES string of the molecule is OC1(c2ccc(Br)cc2)CCN(Cc2ccccc2Cl)CC1. The van der Waals surface area contributed by atoms with E-state index < -0.39 is 5.60 Å². The molecule has 1 saturated heterocycles. The lowest BCUT2D eigenvalue weighted by atomic mass is 9.84. The quantitative estimate of drug-likeness (QED) is 0.842. The van der Waals surface area contributed by atoms with Crippen LogP contribution in [0, 0.1) is 0 Å². The molecular weight excluding hydrogens is 362 g/mol. The zero-order valence-corrected chi connectivity index (χ0v) is 14.6. The summed E-state index contributed by atoms with van der Waals surface area (Å²) < 4.78 is 1.04. The first-order chi connectivity index (χ1) is 10.6. The topological polar surface area (TPSA) is 23.5 Å². The summed E-state index contributed by atoms with van der Waals surface area (Å²) in [5, 5.41) is 11.7. The van der Waals surface area contributed by atoms with Gasteiger partial charge in [-0.15, -0.1) is 0 Å². The lowest BCUT2D eigenvalue weighted by Gasteiger charge is -2.38. The summed E-state index contributed by atoms with van der Waals surface area (Å²) in [5.41, 5.74) is 1.45. The van der Waals surface area contributed by atoms with Crippen molar-refractivity contribution < 1.29 is 5.11 Å². The molecule has 1 heterocycles. The van der Waals surface area contributed by atoms with Gasteiger partial charge in [0.2, 0.25) is 0 Å². The minimum atomic E-state index is -0.711. The van der Waals surface area contributed by atoms with Gasteiger partial charge in [-0.05, 0) is 42.2 Å². The molecule has 0 atom stereocenters. The van der Waals surface area contributed by atoms with Crippen molar-refractivity contribution in [2.24, 2.45) is 0 Å². The summed E-state index contributed by atoms with van der Waals surface area (Å²) in [6, 6.07) is 16.0. The molecule has 1 aliphatic rings. The number of piperidine rings is 1. The third-order valence-corrected chi connectivity index (χ3v) is 5.31. The molecule has 0 spiro atoms. The monoisotopic (exact) mass is 379 g/mol. The Hall–Kier alpha value is -0.870. The van der Waals surface area contributed by atoms with Gasteiger partial charge in [-0.25, -0.2) is 0 Å². The van der Waals surface area contributed by atoms with Crippen LogP contribution >= 0.6 is 27.5 Å². The molecule has 2 nitrogen and oxygen atoms in total. The van der Waals surface area contributed by atoms with Crippen molar-refractivity contribution in [1.29, 1.82) is 0 Å². The molecule has 0 aliphatic carbocycles. The van der Waals surface area contributed by atoms with Crippen LogP contribution in [-0.4, -0.2) is 23.1 Å². The van der Waals surface area contributed by atoms with E-state index in [1.165, 1.54) is 0 Å². The van der Waals surface area contributed by atoms with Gasteiger partial charge in [0.25, 0.3) is 0 Å². The Morgan fingerprint density at radius 3 is 2.32 bits per heavy atom. The van der Waals surface area contributed by atoms with Crippen LogP contribution in [0.4, 0.5) is 0 Å². The second-order valence-electron chi connectivity index (χ2n) is 5.91. The van der Waals surface area contributed by atoms with Crippen molar-refractivity contribution in [2.45, 2.75) is 25.0 Å². The zero-order chi connectivity index (χ0) is 15.6. The molecule has 116 valence electrons. The molecular formula is C18H19BrClNO. The van der Waals surface area contributed by atoms with Gasteiger partial charge < -0.3 is 5.11 Å². The van der Waals surface area contributed by atoms with Crippen molar-refractivity contribution in [3.05, 3.63) is 69.2 Å². The average molecular weight is 381 g/mol. The van der Waals surface area contributed by atoms with Gasteiger partial charge in [0.15, 0.2) is 0 Å². The molecule has 0 amide bonds. The Balaban J connectivity index is 1.65. The summed E-state index contributed by atoms with van der Waals surface area (Å²) in [7, 11) is 0. The van der Waals surface area contributed by atoms with Gasteiger partial charge in [-0.1, -0.05) is 57.9 Å². The highest BCUT2D eigenvalue weighted by Crippen LogP contribution is 2.34. The lowest BCUT2D eigenvalue weighted by Crippen LogP contribution is -2.42. The first kappa shape index (κ1) is 16.0. The summed E-state index contributed by atoms with van der Waals surface area (Å²) in [6.07, 6.45) is 1.50. The minimum absolute atomic E-state index is 0.711. The number of nitrogens with zero attached hydrogens (tertiary/aromatic N) is 1. The number of halogens is 2. The molecule has 1 fully saturated rings. The van der Waals surface area contributed by atoms with Crippen molar-refractivity contribution in [3.8, 4) is 0 Å². The number of likely N-dealkylation sites (tertiary alicyclic amines) is 1. The fourth-order valence-corrected chi connectivity index (χ4v) is 3.46. The molecule has 2 aromatic carbocycles. The number of hydrogen-bond acceptors (Lipinski definition) is 2. The Morgan fingerprint density at radius 2 is 1.68 bits per heavy atom. The lowest BCUT2D eigenvalue weighted by molar-refractivity contribution is -0.0277. The van der Waals surface area contributed by atoms with E-state index in [9.17, 15) is 5.11 Å². The van der Waals surface area contributed by atoms with Crippen molar-refractivity contribution in [3.63, 3.8) is 0 Å². The highest BCUT2D eigenvalue weighted by atomic mass is 79.9. The van der Waals surface area contributed by atoms with Crippen LogP contribution in [0.25, 0.3) is 0 Å². The molecule has 0 saturated carbocycles. The van der Waals surface area contributed by atoms with E-state index in [1.54, 1.807) is 0 Å². The number of benzene rings is 2. The highest BCUT2D eigenvalue weighted by molar-refractivity contribution is 9.10. The first-order valence-electron chi connectivity index (χ1n) is 7.51. The number of rotatable bonds is 3. The van der Waals surface area contributed by atoms with Gasteiger partial charge in [-0.3, -0.25) is 4.90 Å². The van der Waals surface area contributed by atoms with Gasteiger partial charge in [0, 0.05) is 29.1 Å². The normalized spacial score (nSPS) is 18.3. The summed E-state index contributed by atoms with van der Waals surface area (Å²) in [5.74, 6) is 0. The van der Waals surface area contributed by atoms with Crippen LogP contribution in [0.15, 0.2) is 53.0 Å². The van der Waals surface area contributed by atoms with E-state index in [-0.39, 0.29) is 0 Å². The fourth-order valence-electron chi connectivity index (χ4n) is 3.00. The maximum absolute atomic E-state index is 10.9. The molecule has 1 aliphatic heterocycles. The standard InChI is InChI=1S/C18H19BrClNO/c19-16-7-5-15(6-8-16)18(22)9-11-21(12-10-18)13-14-3-1-2-4-17(14)20/h1-8,22H,9-13H2. The zero-order valence-electron chi connectivity index (χ0n) is 12.3. The summed E-state index contributed by atoms with van der Waals surface area (Å²) in [4.78, 5) is 2.36. The van der Waals surface area contributed by atoms with Gasteiger partial charge in [0.05, 0.1) is 5.60 Å². The third kappa shape index (κ3) is 3.54. The van der Waals surface area contributed by atoms with Gasteiger partial charge in [0.1, 0.15) is 0 Å². The van der Waals surface area contributed by atoms with E-state index in [0.717, 1.165) is 53.1 Å². The Kier molecular flexibility index (Phi) is 4.88. The molecule has 0 unspecified atom stereocenters. The van der Waals surface area contributed by atoms with Crippen LogP contribution in [0.3, 0.4) is 0 Å². The Morgan fingerprint density at radius 1 is 1.05 bits per heavy atom. The molecule has 1 N–H and O–H groups in total. The molecule has 0 bridgehead atoms. The minimum Gasteiger partial charge on any atom is -0.385 e. The average Bonchev–Trinajstić information content (AvgIpc) is 2.52. The second-order valence-corrected chi connectivity index (χ2v) is 7.23. The molecule has 0 aromatic heterocycles. The molecule has 3 rings (SSSR count). The number of hydrogen-bond donors (Lipinski definition) is 1. The number of aliphatic hydroxyl groups is 1. The Bertz CT molecular complexity index is 636. The van der Waals surface area contributed by atoms with Crippen molar-refractivity contribution in [2.75, 3.05) is 13.1 Å². The van der Waals surface area contributed by atoms with Gasteiger partial charge in [-0.2, -0.15) is 0 Å². The predicted molar refractivity (Wildman–Crippen MR) is 94.0 cm³/mol. The molecule has 4 heteroatoms. The second kappa shape index (κ2) is 6.71. The molecule has 2 aromatic rings. The van der Waals surface area contributed by atoms with Crippen molar-refractivity contribution in [1.82, 2.24) is 4.90 Å². The van der Waals surface area contributed by atoms with Crippen LogP contribution in [0.1, 0.15) is 24.0 Å². The molecule has 0 radical (unpaired) electrons. The first-order valence-corrected chi connectivity index (χ1v) is 8.68. The van der Waals surface area contributed by atoms with Crippen LogP contribution in [0.2, 0.25) is 5.02 Å². The third-order valence-electron chi connectivity index (χ3n) is 4.42. The highest BCUT2D eigenvalue weighted by Gasteiger charge is 2.33. The van der Waals surface area contributed by atoms with E-state index >= 15 is 0 Å². The Labute approximate surface area is 144 Å². The maximum atomic E-state index is 10.9.